The van der Waals surface area contributed by atoms with Crippen LogP contribution in [0.2, 0.25) is 5.02 Å². The first kappa shape index (κ1) is 13.8. The molecule has 0 bridgehead atoms. The minimum Gasteiger partial charge on any atom is -0.372 e. The van der Waals surface area contributed by atoms with E-state index in [1.165, 1.54) is 24.8 Å². The molecule has 2 rings (SSSR count). The molecule has 2 aromatic rings. The van der Waals surface area contributed by atoms with Crippen LogP contribution in [0.3, 0.4) is 0 Å². The monoisotopic (exact) mass is 301 g/mol. The van der Waals surface area contributed by atoms with E-state index in [-0.39, 0.29) is 16.5 Å². The number of hydrogen-bond donors (Lipinski definition) is 3. The molecule has 3 N–H and O–H groups in total. The Morgan fingerprint density at radius 1 is 1.42 bits per heavy atom. The zero-order valence-corrected chi connectivity index (χ0v) is 11.6. The zero-order valence-electron chi connectivity index (χ0n) is 10.0. The molecule has 0 saturated heterocycles. The molecule has 2 aromatic heterocycles. The predicted molar refractivity (Wildman–Crippen MR) is 71.4 cm³/mol. The largest absolute Gasteiger partial charge is 0.372 e. The summed E-state index contributed by atoms with van der Waals surface area (Å²) in [6.45, 7) is 0.119. The van der Waals surface area contributed by atoms with E-state index in [1.54, 1.807) is 7.05 Å². The Labute approximate surface area is 115 Å². The second-order valence-corrected chi connectivity index (χ2v) is 5.83. The van der Waals surface area contributed by atoms with Crippen molar-refractivity contribution in [1.29, 1.82) is 0 Å². The summed E-state index contributed by atoms with van der Waals surface area (Å²) in [6.07, 6.45) is 4.26. The number of nitrogens with zero attached hydrogens (tertiary/aromatic N) is 2. The quantitative estimate of drug-likeness (QED) is 0.764. The highest BCUT2D eigenvalue weighted by Gasteiger charge is 2.16. The maximum absolute atomic E-state index is 12.0. The summed E-state index contributed by atoms with van der Waals surface area (Å²) in [7, 11) is -2.00. The molecule has 0 amide bonds. The average Bonchev–Trinajstić information content (AvgIpc) is 2.89. The van der Waals surface area contributed by atoms with Crippen molar-refractivity contribution in [3.05, 3.63) is 35.5 Å². The van der Waals surface area contributed by atoms with Gasteiger partial charge >= 0.3 is 0 Å². The van der Waals surface area contributed by atoms with Crippen molar-refractivity contribution in [2.75, 3.05) is 12.4 Å². The summed E-state index contributed by atoms with van der Waals surface area (Å²) < 4.78 is 26.5. The van der Waals surface area contributed by atoms with Crippen LogP contribution in [0.1, 0.15) is 5.69 Å². The Morgan fingerprint density at radius 2 is 2.21 bits per heavy atom. The lowest BCUT2D eigenvalue weighted by atomic mass is 10.4. The first-order chi connectivity index (χ1) is 9.03. The van der Waals surface area contributed by atoms with Crippen molar-refractivity contribution in [1.82, 2.24) is 19.7 Å². The predicted octanol–water partition coefficient (Wildman–Crippen LogP) is 0.978. The number of anilines is 1. The average molecular weight is 302 g/mol. The molecule has 0 aliphatic carbocycles. The van der Waals surface area contributed by atoms with E-state index >= 15 is 0 Å². The molecule has 7 nitrogen and oxygen atoms in total. The summed E-state index contributed by atoms with van der Waals surface area (Å²) in [5.41, 5.74) is 0.662. The van der Waals surface area contributed by atoms with E-state index in [4.69, 9.17) is 11.6 Å². The van der Waals surface area contributed by atoms with Gasteiger partial charge in [-0.15, -0.1) is 0 Å². The molecule has 102 valence electrons. The third-order valence-electron chi connectivity index (χ3n) is 2.37. The Kier molecular flexibility index (Phi) is 4.03. The highest BCUT2D eigenvalue weighted by Crippen LogP contribution is 2.21. The first-order valence-electron chi connectivity index (χ1n) is 5.33. The van der Waals surface area contributed by atoms with Gasteiger partial charge in [0, 0.05) is 25.1 Å². The second kappa shape index (κ2) is 5.55. The van der Waals surface area contributed by atoms with E-state index in [2.05, 4.69) is 25.0 Å². The molecule has 0 aromatic carbocycles. The van der Waals surface area contributed by atoms with Gasteiger partial charge in [-0.05, 0) is 6.07 Å². The molecule has 0 atom stereocenters. The smallest absolute Gasteiger partial charge is 0.242 e. The summed E-state index contributed by atoms with van der Waals surface area (Å²) in [4.78, 5) is 10.5. The van der Waals surface area contributed by atoms with Gasteiger partial charge in [0.15, 0.2) is 0 Å². The molecule has 0 radical (unpaired) electrons. The standard InChI is InChI=1S/C10H12ClN5O2S/c1-12-10-9(11)2-8(5-14-10)19(17,18)16-4-7-3-13-6-15-7/h2-3,5-6,16H,4H2,1H3,(H,12,14)(H,13,15). The molecular weight excluding hydrogens is 290 g/mol. The Balaban J connectivity index is 2.17. The van der Waals surface area contributed by atoms with Gasteiger partial charge in [0.2, 0.25) is 10.0 Å². The first-order valence-corrected chi connectivity index (χ1v) is 7.19. The van der Waals surface area contributed by atoms with E-state index in [0.717, 1.165) is 0 Å². The number of sulfonamides is 1. The molecule has 0 unspecified atom stereocenters. The lowest BCUT2D eigenvalue weighted by Crippen LogP contribution is -2.23. The van der Waals surface area contributed by atoms with Crippen LogP contribution in [0.15, 0.2) is 29.7 Å². The second-order valence-electron chi connectivity index (χ2n) is 3.65. The molecule has 19 heavy (non-hydrogen) atoms. The van der Waals surface area contributed by atoms with Crippen LogP contribution in [0.5, 0.6) is 0 Å². The fraction of sp³-hybridized carbons (Fsp3) is 0.200. The number of aromatic amines is 1. The summed E-state index contributed by atoms with van der Waals surface area (Å²) in [5.74, 6) is 0.425. The minimum atomic E-state index is -3.66. The molecule has 0 fully saturated rings. The van der Waals surface area contributed by atoms with Crippen molar-refractivity contribution in [2.24, 2.45) is 0 Å². The van der Waals surface area contributed by atoms with Gasteiger partial charge in [-0.3, -0.25) is 0 Å². The summed E-state index contributed by atoms with van der Waals surface area (Å²) in [6, 6.07) is 1.34. The van der Waals surface area contributed by atoms with Gasteiger partial charge in [0.25, 0.3) is 0 Å². The molecule has 0 aliphatic heterocycles. The maximum Gasteiger partial charge on any atom is 0.242 e. The van der Waals surface area contributed by atoms with Gasteiger partial charge in [-0.1, -0.05) is 11.6 Å². The van der Waals surface area contributed by atoms with Crippen molar-refractivity contribution in [3.8, 4) is 0 Å². The third kappa shape index (κ3) is 3.22. The SMILES string of the molecule is CNc1ncc(S(=O)(=O)NCc2cnc[nH]2)cc1Cl. The molecule has 0 spiro atoms. The van der Waals surface area contributed by atoms with Crippen molar-refractivity contribution in [2.45, 2.75) is 11.4 Å². The highest BCUT2D eigenvalue weighted by atomic mass is 35.5. The van der Waals surface area contributed by atoms with Crippen LogP contribution in [0.4, 0.5) is 5.82 Å². The van der Waals surface area contributed by atoms with Gasteiger partial charge in [0.1, 0.15) is 10.7 Å². The third-order valence-corrected chi connectivity index (χ3v) is 4.03. The Morgan fingerprint density at radius 3 is 2.79 bits per heavy atom. The number of imidazole rings is 1. The summed E-state index contributed by atoms with van der Waals surface area (Å²) in [5, 5.41) is 3.00. The number of hydrogen-bond acceptors (Lipinski definition) is 5. The number of rotatable bonds is 5. The van der Waals surface area contributed by atoms with E-state index in [9.17, 15) is 8.42 Å². The van der Waals surface area contributed by atoms with Crippen LogP contribution >= 0.6 is 11.6 Å². The normalized spacial score (nSPS) is 11.5. The molecule has 2 heterocycles. The lowest BCUT2D eigenvalue weighted by molar-refractivity contribution is 0.580. The van der Waals surface area contributed by atoms with Crippen LogP contribution in [-0.2, 0) is 16.6 Å². The molecular formula is C10H12ClN5O2S. The van der Waals surface area contributed by atoms with Crippen molar-refractivity contribution < 1.29 is 8.42 Å². The number of pyridine rings is 1. The number of nitrogens with one attached hydrogen (secondary N) is 3. The van der Waals surface area contributed by atoms with Crippen LogP contribution in [0, 0.1) is 0 Å². The van der Waals surface area contributed by atoms with E-state index in [0.29, 0.717) is 11.5 Å². The maximum atomic E-state index is 12.0. The molecule has 9 heteroatoms. The van der Waals surface area contributed by atoms with Crippen molar-refractivity contribution >= 4 is 27.4 Å². The Hall–Kier alpha value is -1.64. The minimum absolute atomic E-state index is 0.0102. The summed E-state index contributed by atoms with van der Waals surface area (Å²) >= 11 is 5.90. The van der Waals surface area contributed by atoms with E-state index in [1.807, 2.05) is 0 Å². The number of H-pyrrole nitrogens is 1. The fourth-order valence-electron chi connectivity index (χ4n) is 1.39. The van der Waals surface area contributed by atoms with Gasteiger partial charge < -0.3 is 10.3 Å². The Bertz CT molecular complexity index is 657. The van der Waals surface area contributed by atoms with Gasteiger partial charge in [-0.2, -0.15) is 0 Å². The lowest BCUT2D eigenvalue weighted by Gasteiger charge is -2.07. The van der Waals surface area contributed by atoms with E-state index < -0.39 is 10.0 Å². The zero-order chi connectivity index (χ0) is 13.9. The van der Waals surface area contributed by atoms with Crippen LogP contribution in [0.25, 0.3) is 0 Å². The van der Waals surface area contributed by atoms with Crippen LogP contribution < -0.4 is 10.0 Å². The molecule has 0 saturated carbocycles. The van der Waals surface area contributed by atoms with Gasteiger partial charge in [-0.25, -0.2) is 23.1 Å². The molecule has 0 aliphatic rings. The topological polar surface area (TPSA) is 99.8 Å². The highest BCUT2D eigenvalue weighted by molar-refractivity contribution is 7.89. The fourth-order valence-corrected chi connectivity index (χ4v) is 2.69. The van der Waals surface area contributed by atoms with Crippen LogP contribution in [-0.4, -0.2) is 30.4 Å². The van der Waals surface area contributed by atoms with Gasteiger partial charge in [0.05, 0.1) is 17.9 Å². The number of halogens is 1. The van der Waals surface area contributed by atoms with Crippen molar-refractivity contribution in [3.63, 3.8) is 0 Å². The number of aromatic nitrogens is 3.